The normalized spacial score (nSPS) is 14.3. The molecule has 0 saturated carbocycles. The summed E-state index contributed by atoms with van der Waals surface area (Å²) in [5, 5.41) is 10.5. The summed E-state index contributed by atoms with van der Waals surface area (Å²) in [6, 6.07) is 12.8. The molecular formula is C28H34N2O2. The third kappa shape index (κ3) is 5.93. The van der Waals surface area contributed by atoms with E-state index in [-0.39, 0.29) is 12.3 Å². The van der Waals surface area contributed by atoms with Crippen molar-refractivity contribution in [3.8, 4) is 0 Å². The van der Waals surface area contributed by atoms with Gasteiger partial charge in [0, 0.05) is 23.0 Å². The lowest BCUT2D eigenvalue weighted by molar-refractivity contribution is -0.137. The zero-order valence-electron chi connectivity index (χ0n) is 19.1. The lowest BCUT2D eigenvalue weighted by Crippen LogP contribution is -2.07. The molecule has 0 amide bonds. The Hall–Kier alpha value is -2.75. The maximum absolute atomic E-state index is 11.5. The molecule has 1 aliphatic carbocycles. The highest BCUT2D eigenvalue weighted by Crippen LogP contribution is 2.28. The van der Waals surface area contributed by atoms with Gasteiger partial charge in [-0.1, -0.05) is 37.5 Å². The van der Waals surface area contributed by atoms with Crippen molar-refractivity contribution in [1.29, 1.82) is 0 Å². The Balaban J connectivity index is 1.27. The molecule has 1 unspecified atom stereocenters. The van der Waals surface area contributed by atoms with Crippen LogP contribution in [0.15, 0.2) is 42.6 Å². The number of carbonyl (C=O) groups is 1. The zero-order chi connectivity index (χ0) is 22.3. The van der Waals surface area contributed by atoms with E-state index in [1.165, 1.54) is 41.8 Å². The van der Waals surface area contributed by atoms with Gasteiger partial charge in [0.15, 0.2) is 0 Å². The van der Waals surface area contributed by atoms with Gasteiger partial charge in [-0.2, -0.15) is 0 Å². The number of nitrogens with zero attached hydrogens (tertiary/aromatic N) is 2. The lowest BCUT2D eigenvalue weighted by Gasteiger charge is -2.16. The van der Waals surface area contributed by atoms with Gasteiger partial charge in [0.05, 0.1) is 11.9 Å². The molecule has 1 atom stereocenters. The summed E-state index contributed by atoms with van der Waals surface area (Å²) in [6.07, 6.45) is 13.3. The summed E-state index contributed by atoms with van der Waals surface area (Å²) in [6.45, 7) is 2.06. The van der Waals surface area contributed by atoms with Crippen LogP contribution >= 0.6 is 0 Å². The fourth-order valence-electron chi connectivity index (χ4n) is 4.89. The number of hydrogen-bond donors (Lipinski definition) is 1. The smallest absolute Gasteiger partial charge is 0.303 e. The number of unbranched alkanes of at least 4 members (excludes halogenated alkanes) is 3. The summed E-state index contributed by atoms with van der Waals surface area (Å²) < 4.78 is 0. The molecule has 1 N–H and O–H groups in total. The van der Waals surface area contributed by atoms with E-state index in [0.29, 0.717) is 0 Å². The Morgan fingerprint density at radius 1 is 1.03 bits per heavy atom. The van der Waals surface area contributed by atoms with Crippen molar-refractivity contribution in [3.63, 3.8) is 0 Å². The molecule has 0 spiro atoms. The van der Waals surface area contributed by atoms with E-state index < -0.39 is 5.97 Å². The lowest BCUT2D eigenvalue weighted by atomic mass is 9.90. The zero-order valence-corrected chi connectivity index (χ0v) is 19.1. The van der Waals surface area contributed by atoms with Gasteiger partial charge in [-0.15, -0.1) is 0 Å². The van der Waals surface area contributed by atoms with Crippen LogP contribution in [0.1, 0.15) is 85.4 Å². The number of rotatable bonds is 10. The highest BCUT2D eigenvalue weighted by Gasteiger charge is 2.16. The number of aromatic nitrogens is 2. The molecule has 1 aliphatic rings. The first-order chi connectivity index (χ1) is 15.6. The van der Waals surface area contributed by atoms with E-state index in [4.69, 9.17) is 4.98 Å². The molecule has 0 aliphatic heterocycles. The second-order valence-corrected chi connectivity index (χ2v) is 9.33. The monoisotopic (exact) mass is 430 g/mol. The molecule has 2 aromatic heterocycles. The molecule has 0 radical (unpaired) electrons. The standard InChI is InChI=1S/C28H34N2O2/c1-20-12-13-23-17-24(19-29-27(23)16-20)22(18-28(31)32)9-4-2-3-5-10-25-15-14-21-8-6-7-11-26(21)30-25/h12-17,19,22H,2-11,18H2,1H3,(H,31,32). The quantitative estimate of drug-likeness (QED) is 0.370. The van der Waals surface area contributed by atoms with Crippen molar-refractivity contribution in [2.45, 2.75) is 83.5 Å². The Labute approximate surface area is 191 Å². The van der Waals surface area contributed by atoms with Gasteiger partial charge >= 0.3 is 5.97 Å². The van der Waals surface area contributed by atoms with Crippen LogP contribution in [0.4, 0.5) is 0 Å². The van der Waals surface area contributed by atoms with Crippen LogP contribution in [0.3, 0.4) is 0 Å². The van der Waals surface area contributed by atoms with E-state index in [2.05, 4.69) is 48.3 Å². The maximum Gasteiger partial charge on any atom is 0.303 e. The fourth-order valence-corrected chi connectivity index (χ4v) is 4.89. The van der Waals surface area contributed by atoms with E-state index >= 15 is 0 Å². The van der Waals surface area contributed by atoms with Crippen molar-refractivity contribution in [3.05, 3.63) is 70.7 Å². The van der Waals surface area contributed by atoms with Gasteiger partial charge in [-0.25, -0.2) is 0 Å². The molecular weight excluding hydrogens is 396 g/mol. The molecule has 4 nitrogen and oxygen atoms in total. The first kappa shape index (κ1) is 22.4. The molecule has 3 aromatic rings. The van der Waals surface area contributed by atoms with Gasteiger partial charge in [-0.3, -0.25) is 14.8 Å². The second-order valence-electron chi connectivity index (χ2n) is 9.33. The van der Waals surface area contributed by atoms with E-state index in [1.807, 2.05) is 6.20 Å². The highest BCUT2D eigenvalue weighted by atomic mass is 16.4. The number of carboxylic acid groups (broad SMARTS) is 1. The number of hydrogen-bond acceptors (Lipinski definition) is 3. The number of aliphatic carboxylic acids is 1. The largest absolute Gasteiger partial charge is 0.481 e. The predicted molar refractivity (Wildman–Crippen MR) is 129 cm³/mol. The fraction of sp³-hybridized carbons (Fsp3) is 0.464. The van der Waals surface area contributed by atoms with Crippen molar-refractivity contribution in [2.75, 3.05) is 0 Å². The van der Waals surface area contributed by atoms with Crippen LogP contribution in [0.2, 0.25) is 0 Å². The average molecular weight is 431 g/mol. The Morgan fingerprint density at radius 3 is 2.75 bits per heavy atom. The summed E-state index contributed by atoms with van der Waals surface area (Å²) in [5.74, 6) is -0.717. The van der Waals surface area contributed by atoms with Crippen molar-refractivity contribution in [1.82, 2.24) is 9.97 Å². The first-order valence-electron chi connectivity index (χ1n) is 12.1. The van der Waals surface area contributed by atoms with E-state index in [9.17, 15) is 9.90 Å². The topological polar surface area (TPSA) is 63.1 Å². The molecule has 0 saturated heterocycles. The summed E-state index contributed by atoms with van der Waals surface area (Å²) >= 11 is 0. The number of fused-ring (bicyclic) bond motifs is 2. The summed E-state index contributed by atoms with van der Waals surface area (Å²) in [4.78, 5) is 20.9. The maximum atomic E-state index is 11.5. The van der Waals surface area contributed by atoms with Crippen LogP contribution in [0.5, 0.6) is 0 Å². The van der Waals surface area contributed by atoms with Crippen LogP contribution in [-0.4, -0.2) is 21.0 Å². The van der Waals surface area contributed by atoms with E-state index in [0.717, 1.165) is 61.4 Å². The Bertz CT molecular complexity index is 1080. The number of carboxylic acids is 1. The third-order valence-corrected chi connectivity index (χ3v) is 6.72. The molecule has 4 heteroatoms. The third-order valence-electron chi connectivity index (χ3n) is 6.72. The molecule has 0 bridgehead atoms. The second kappa shape index (κ2) is 10.7. The average Bonchev–Trinajstić information content (AvgIpc) is 2.79. The molecule has 168 valence electrons. The van der Waals surface area contributed by atoms with Crippen molar-refractivity contribution < 1.29 is 9.90 Å². The molecule has 4 rings (SSSR count). The highest BCUT2D eigenvalue weighted by molar-refractivity contribution is 5.80. The first-order valence-corrected chi connectivity index (χ1v) is 12.1. The van der Waals surface area contributed by atoms with Gasteiger partial charge in [-0.05, 0) is 92.7 Å². The van der Waals surface area contributed by atoms with Gasteiger partial charge in [0.1, 0.15) is 0 Å². The molecule has 32 heavy (non-hydrogen) atoms. The van der Waals surface area contributed by atoms with Gasteiger partial charge < -0.3 is 5.11 Å². The predicted octanol–water partition coefficient (Wildman–Crippen LogP) is 6.57. The Kier molecular flexibility index (Phi) is 7.51. The van der Waals surface area contributed by atoms with Crippen molar-refractivity contribution in [2.24, 2.45) is 0 Å². The van der Waals surface area contributed by atoms with E-state index in [1.54, 1.807) is 0 Å². The minimum Gasteiger partial charge on any atom is -0.481 e. The van der Waals surface area contributed by atoms with Gasteiger partial charge in [0.25, 0.3) is 0 Å². The Morgan fingerprint density at radius 2 is 1.88 bits per heavy atom. The minimum absolute atomic E-state index is 0.0213. The minimum atomic E-state index is -0.738. The number of benzene rings is 1. The molecule has 1 aromatic carbocycles. The van der Waals surface area contributed by atoms with Crippen LogP contribution in [0, 0.1) is 6.92 Å². The SMILES string of the molecule is Cc1ccc2cc(C(CCCCCCc3ccc4c(n3)CCCC4)CC(=O)O)cnc2c1. The van der Waals surface area contributed by atoms with Crippen LogP contribution in [0.25, 0.3) is 10.9 Å². The summed E-state index contributed by atoms with van der Waals surface area (Å²) in [7, 11) is 0. The molecule has 2 heterocycles. The van der Waals surface area contributed by atoms with Gasteiger partial charge in [0.2, 0.25) is 0 Å². The van der Waals surface area contributed by atoms with Crippen molar-refractivity contribution >= 4 is 16.9 Å². The number of pyridine rings is 2. The number of aryl methyl sites for hydroxylation is 4. The van der Waals surface area contributed by atoms with Crippen LogP contribution in [-0.2, 0) is 24.1 Å². The summed E-state index contributed by atoms with van der Waals surface area (Å²) in [5.41, 5.74) is 7.20. The van der Waals surface area contributed by atoms with Crippen LogP contribution < -0.4 is 0 Å². The molecule has 0 fully saturated rings.